The summed E-state index contributed by atoms with van der Waals surface area (Å²) < 4.78 is 4.84. The van der Waals surface area contributed by atoms with Crippen molar-refractivity contribution in [3.05, 3.63) is 224 Å². The van der Waals surface area contributed by atoms with Gasteiger partial charge < -0.3 is 9.13 Å². The molecule has 5 heteroatoms. The SMILES string of the molecule is c1ccc(-c2nc(-c3ccccc3)nc(-c3cccc(-n4c5ccccc5c5cccc(-c6c(-c7ccccc7)ccc7c6c6ccccc6n7-c6ccccc6)c54)c3)n2)cc1. The molecule has 0 radical (unpaired) electrons. The highest BCUT2D eigenvalue weighted by molar-refractivity contribution is 6.23. The number of benzene rings is 9. The predicted octanol–water partition coefficient (Wildman–Crippen LogP) is 14.4. The van der Waals surface area contributed by atoms with Gasteiger partial charge in [-0.1, -0.05) is 182 Å². The summed E-state index contributed by atoms with van der Waals surface area (Å²) in [4.78, 5) is 15.2. The lowest BCUT2D eigenvalue weighted by atomic mass is 9.89. The molecule has 5 nitrogen and oxygen atoms in total. The molecule has 0 saturated carbocycles. The van der Waals surface area contributed by atoms with Crippen LogP contribution in [-0.4, -0.2) is 24.1 Å². The van der Waals surface area contributed by atoms with Crippen LogP contribution in [-0.2, 0) is 0 Å². The van der Waals surface area contributed by atoms with Crippen molar-refractivity contribution in [2.45, 2.75) is 0 Å². The minimum absolute atomic E-state index is 0.616. The zero-order valence-corrected chi connectivity index (χ0v) is 33.6. The van der Waals surface area contributed by atoms with Gasteiger partial charge in [0, 0.05) is 60.7 Å². The first kappa shape index (κ1) is 35.5. The Hall–Kier alpha value is -8.41. The fraction of sp³-hybridized carbons (Fsp3) is 0. The van der Waals surface area contributed by atoms with Crippen molar-refractivity contribution in [1.29, 1.82) is 0 Å². The van der Waals surface area contributed by atoms with E-state index in [9.17, 15) is 0 Å². The zero-order chi connectivity index (χ0) is 41.0. The lowest BCUT2D eigenvalue weighted by Gasteiger charge is -2.17. The highest BCUT2D eigenvalue weighted by atomic mass is 15.0. The highest BCUT2D eigenvalue weighted by Crippen LogP contribution is 2.47. The smallest absolute Gasteiger partial charge is 0.164 e. The van der Waals surface area contributed by atoms with E-state index in [1.807, 2.05) is 60.7 Å². The topological polar surface area (TPSA) is 48.5 Å². The lowest BCUT2D eigenvalue weighted by Crippen LogP contribution is -2.01. The monoisotopic (exact) mass is 791 g/mol. The van der Waals surface area contributed by atoms with E-state index in [2.05, 4.69) is 173 Å². The van der Waals surface area contributed by atoms with E-state index in [1.54, 1.807) is 0 Å². The molecule has 12 aromatic rings. The Kier molecular flexibility index (Phi) is 8.42. The highest BCUT2D eigenvalue weighted by Gasteiger charge is 2.24. The second kappa shape index (κ2) is 14.7. The molecule has 0 aliphatic rings. The first-order chi connectivity index (χ1) is 30.8. The van der Waals surface area contributed by atoms with Gasteiger partial charge in [-0.2, -0.15) is 0 Å². The Morgan fingerprint density at radius 2 is 0.774 bits per heavy atom. The second-order valence-electron chi connectivity index (χ2n) is 15.6. The molecule has 9 aromatic carbocycles. The standard InChI is InChI=1S/C57H37N5/c1-5-19-38(20-6-1)44-35-36-51-53(47-30-14-16-34-50(47)61(51)42-26-11-4-12-27-42)52(44)48-32-18-31-46-45-29-13-15-33-49(45)62(54(46)48)43-28-17-25-41(37-43)57-59-55(39-21-7-2-8-22-39)58-56(60-57)40-23-9-3-10-24-40/h1-37H. The van der Waals surface area contributed by atoms with Gasteiger partial charge >= 0.3 is 0 Å². The summed E-state index contributed by atoms with van der Waals surface area (Å²) in [6, 6.07) is 79.4. The fourth-order valence-corrected chi connectivity index (χ4v) is 9.26. The quantitative estimate of drug-likeness (QED) is 0.162. The molecule has 3 heterocycles. The van der Waals surface area contributed by atoms with Crippen molar-refractivity contribution >= 4 is 43.6 Å². The van der Waals surface area contributed by atoms with Crippen molar-refractivity contribution in [2.24, 2.45) is 0 Å². The number of hydrogen-bond donors (Lipinski definition) is 0. The van der Waals surface area contributed by atoms with Gasteiger partial charge in [0.15, 0.2) is 17.5 Å². The summed E-state index contributed by atoms with van der Waals surface area (Å²) >= 11 is 0. The normalized spacial score (nSPS) is 11.5. The molecule has 0 unspecified atom stereocenters. The molecule has 0 aliphatic heterocycles. The number of para-hydroxylation sites is 4. The molecular weight excluding hydrogens is 755 g/mol. The van der Waals surface area contributed by atoms with Crippen LogP contribution in [0.1, 0.15) is 0 Å². The van der Waals surface area contributed by atoms with Crippen molar-refractivity contribution in [2.75, 3.05) is 0 Å². The molecule has 0 amide bonds. The van der Waals surface area contributed by atoms with Gasteiger partial charge in [0.1, 0.15) is 0 Å². The van der Waals surface area contributed by atoms with E-state index >= 15 is 0 Å². The molecule has 0 N–H and O–H groups in total. The third-order valence-corrected chi connectivity index (χ3v) is 12.0. The zero-order valence-electron chi connectivity index (χ0n) is 33.6. The van der Waals surface area contributed by atoms with Crippen LogP contribution in [0.25, 0.3) is 111 Å². The van der Waals surface area contributed by atoms with Gasteiger partial charge in [-0.25, -0.2) is 15.0 Å². The van der Waals surface area contributed by atoms with Crippen LogP contribution in [0.2, 0.25) is 0 Å². The number of fused-ring (bicyclic) bond motifs is 6. The first-order valence-corrected chi connectivity index (χ1v) is 21.0. The third-order valence-electron chi connectivity index (χ3n) is 12.0. The number of aromatic nitrogens is 5. The summed E-state index contributed by atoms with van der Waals surface area (Å²) in [5, 5.41) is 4.80. The predicted molar refractivity (Wildman–Crippen MR) is 256 cm³/mol. The molecule has 0 atom stereocenters. The minimum atomic E-state index is 0.616. The third kappa shape index (κ3) is 5.82. The van der Waals surface area contributed by atoms with E-state index in [-0.39, 0.29) is 0 Å². The first-order valence-electron chi connectivity index (χ1n) is 21.0. The molecule has 0 saturated heterocycles. The maximum absolute atomic E-state index is 5.11. The number of nitrogens with zero attached hydrogens (tertiary/aromatic N) is 5. The average Bonchev–Trinajstić information content (AvgIpc) is 3.88. The van der Waals surface area contributed by atoms with Crippen LogP contribution in [0.15, 0.2) is 224 Å². The average molecular weight is 792 g/mol. The van der Waals surface area contributed by atoms with Gasteiger partial charge in [-0.3, -0.25) is 0 Å². The molecule has 12 rings (SSSR count). The molecular formula is C57H37N5. The summed E-state index contributed by atoms with van der Waals surface area (Å²) in [6.45, 7) is 0. The van der Waals surface area contributed by atoms with E-state index in [4.69, 9.17) is 15.0 Å². The van der Waals surface area contributed by atoms with Crippen molar-refractivity contribution in [3.8, 4) is 67.8 Å². The fourth-order valence-electron chi connectivity index (χ4n) is 9.26. The van der Waals surface area contributed by atoms with Crippen LogP contribution in [0.4, 0.5) is 0 Å². The van der Waals surface area contributed by atoms with Gasteiger partial charge in [-0.15, -0.1) is 0 Å². The van der Waals surface area contributed by atoms with E-state index in [0.717, 1.165) is 50.2 Å². The Morgan fingerprint density at radius 1 is 0.290 bits per heavy atom. The van der Waals surface area contributed by atoms with Crippen molar-refractivity contribution < 1.29 is 0 Å². The molecule has 3 aromatic heterocycles. The van der Waals surface area contributed by atoms with Crippen molar-refractivity contribution in [1.82, 2.24) is 24.1 Å². The molecule has 0 aliphatic carbocycles. The maximum Gasteiger partial charge on any atom is 0.164 e. The molecule has 290 valence electrons. The van der Waals surface area contributed by atoms with Gasteiger partial charge in [0.25, 0.3) is 0 Å². The van der Waals surface area contributed by atoms with Crippen molar-refractivity contribution in [3.63, 3.8) is 0 Å². The summed E-state index contributed by atoms with van der Waals surface area (Å²) in [6.07, 6.45) is 0. The molecule has 0 bridgehead atoms. The second-order valence-corrected chi connectivity index (χ2v) is 15.6. The van der Waals surface area contributed by atoms with E-state index in [0.29, 0.717) is 17.5 Å². The Bertz CT molecular complexity index is 3550. The number of hydrogen-bond acceptors (Lipinski definition) is 3. The Labute approximate surface area is 358 Å². The van der Waals surface area contributed by atoms with Crippen LogP contribution in [0.3, 0.4) is 0 Å². The summed E-state index contributed by atoms with van der Waals surface area (Å²) in [5.41, 5.74) is 14.2. The Morgan fingerprint density at radius 3 is 1.44 bits per heavy atom. The van der Waals surface area contributed by atoms with Crippen LogP contribution >= 0.6 is 0 Å². The summed E-state index contributed by atoms with van der Waals surface area (Å²) in [7, 11) is 0. The van der Waals surface area contributed by atoms with E-state index < -0.39 is 0 Å². The summed E-state index contributed by atoms with van der Waals surface area (Å²) in [5.74, 6) is 1.89. The maximum atomic E-state index is 5.11. The largest absolute Gasteiger partial charge is 0.309 e. The van der Waals surface area contributed by atoms with Crippen LogP contribution in [0, 0.1) is 0 Å². The lowest BCUT2D eigenvalue weighted by molar-refractivity contribution is 1.07. The number of rotatable bonds is 7. The van der Waals surface area contributed by atoms with Gasteiger partial charge in [0.05, 0.1) is 22.1 Å². The molecule has 62 heavy (non-hydrogen) atoms. The molecule has 0 spiro atoms. The van der Waals surface area contributed by atoms with Crippen LogP contribution in [0.5, 0.6) is 0 Å². The minimum Gasteiger partial charge on any atom is -0.309 e. The van der Waals surface area contributed by atoms with Crippen LogP contribution < -0.4 is 0 Å². The Balaban J connectivity index is 1.15. The van der Waals surface area contributed by atoms with Gasteiger partial charge in [0.2, 0.25) is 0 Å². The molecule has 0 fully saturated rings. The van der Waals surface area contributed by atoms with Gasteiger partial charge in [-0.05, 0) is 53.6 Å². The van der Waals surface area contributed by atoms with E-state index in [1.165, 1.54) is 43.8 Å².